The van der Waals surface area contributed by atoms with Gasteiger partial charge in [-0.05, 0) is 111 Å². The van der Waals surface area contributed by atoms with Crippen molar-refractivity contribution in [3.8, 4) is 44.6 Å². The van der Waals surface area contributed by atoms with E-state index in [2.05, 4.69) is 54.1 Å². The monoisotopic (exact) mass is 1130 g/mol. The molecule has 1 aliphatic carbocycles. The van der Waals surface area contributed by atoms with E-state index in [-0.39, 0.29) is 61.3 Å². The minimum absolute atomic E-state index is 0.0372. The number of rotatable bonds is 19. The highest BCUT2D eigenvalue weighted by Gasteiger charge is 2.44. The van der Waals surface area contributed by atoms with Crippen LogP contribution in [0.1, 0.15) is 105 Å². The molecule has 21 heteroatoms. The zero-order valence-electron chi connectivity index (χ0n) is 46.9. The predicted octanol–water partition coefficient (Wildman–Crippen LogP) is 8.52. The first-order valence-electron chi connectivity index (χ1n) is 28.5. The molecule has 5 N–H and O–H groups in total. The van der Waals surface area contributed by atoms with Crippen molar-refractivity contribution in [2.24, 2.45) is 5.92 Å². The number of carbonyl (C=O) groups is 2. The number of aromatic nitrogens is 8. The largest absolute Gasteiger partial charge is 0.486 e. The number of benzene rings is 4. The summed E-state index contributed by atoms with van der Waals surface area (Å²) in [6.45, 7) is 11.9. The van der Waals surface area contributed by atoms with Crippen LogP contribution in [-0.4, -0.2) is 137 Å². The zero-order valence-corrected chi connectivity index (χ0v) is 47.8. The Morgan fingerprint density at radius 1 is 0.988 bits per heavy atom. The van der Waals surface area contributed by atoms with Crippen LogP contribution >= 0.6 is 11.3 Å². The van der Waals surface area contributed by atoms with Crippen LogP contribution < -0.4 is 25.0 Å². The molecule has 7 heterocycles. The Morgan fingerprint density at radius 2 is 1.78 bits per heavy atom. The van der Waals surface area contributed by atoms with Gasteiger partial charge < -0.3 is 44.9 Å². The molecule has 19 nitrogen and oxygen atoms in total. The average Bonchev–Trinajstić information content (AvgIpc) is 2.19. The molecule has 2 amide bonds. The number of fused-ring (bicyclic) bond motifs is 2. The fourth-order valence-electron chi connectivity index (χ4n) is 12.0. The summed E-state index contributed by atoms with van der Waals surface area (Å²) in [4.78, 5) is 48.2. The fourth-order valence-corrected chi connectivity index (χ4v) is 12.9. The quantitative estimate of drug-likeness (QED) is 0.0511. The Labute approximate surface area is 478 Å². The lowest BCUT2D eigenvalue weighted by atomic mass is 9.88. The maximum Gasteiger partial charge on any atom is 0.319 e. The maximum atomic E-state index is 16.1. The lowest BCUT2D eigenvalue weighted by molar-refractivity contribution is -0.143. The van der Waals surface area contributed by atoms with E-state index in [1.807, 2.05) is 69.3 Å². The predicted molar refractivity (Wildman–Crippen MR) is 310 cm³/mol. The molecule has 8 aromatic rings. The second-order valence-corrected chi connectivity index (χ2v) is 23.7. The van der Waals surface area contributed by atoms with E-state index in [0.29, 0.717) is 52.4 Å². The summed E-state index contributed by atoms with van der Waals surface area (Å²) in [6.07, 6.45) is 6.28. The van der Waals surface area contributed by atoms with Gasteiger partial charge in [-0.15, -0.1) is 16.4 Å². The van der Waals surface area contributed by atoms with Crippen molar-refractivity contribution in [2.45, 2.75) is 128 Å². The summed E-state index contributed by atoms with van der Waals surface area (Å²) in [7, 11) is 2.07. The molecule has 4 aliphatic rings. The number of likely N-dealkylation sites (tertiary alicyclic amines) is 1. The molecule has 4 aromatic carbocycles. The number of likely N-dealkylation sites (N-methyl/N-ethyl adjacent to an activating group) is 1. The maximum absolute atomic E-state index is 16.1. The number of aliphatic hydroxyl groups excluding tert-OH is 2. The summed E-state index contributed by atoms with van der Waals surface area (Å²) in [5.41, 5.74) is 10.6. The van der Waals surface area contributed by atoms with Gasteiger partial charge in [0.2, 0.25) is 11.8 Å². The van der Waals surface area contributed by atoms with Crippen LogP contribution in [0.15, 0.2) is 78.6 Å². The lowest BCUT2D eigenvalue weighted by Crippen LogP contribution is -2.50. The Balaban J connectivity index is 0.825. The number of H-pyrrole nitrogens is 1. The molecule has 0 radical (unpaired) electrons. The third kappa shape index (κ3) is 10.9. The molecule has 4 aromatic heterocycles. The molecule has 1 saturated carbocycles. The first-order valence-corrected chi connectivity index (χ1v) is 29.4. The summed E-state index contributed by atoms with van der Waals surface area (Å²) in [6, 6.07) is 16.8. The van der Waals surface area contributed by atoms with Crippen LogP contribution in [0.25, 0.3) is 54.6 Å². The van der Waals surface area contributed by atoms with Gasteiger partial charge in [-0.3, -0.25) is 14.7 Å². The number of nitrogens with one attached hydrogen (secondary N) is 3. The lowest BCUT2D eigenvalue weighted by Gasteiger charge is -2.31. The molecule has 82 heavy (non-hydrogen) atoms. The van der Waals surface area contributed by atoms with Gasteiger partial charge in [0.1, 0.15) is 48.1 Å². The minimum atomic E-state index is -0.992. The zero-order chi connectivity index (χ0) is 56.9. The van der Waals surface area contributed by atoms with E-state index in [1.54, 1.807) is 43.1 Å². The van der Waals surface area contributed by atoms with E-state index in [0.717, 1.165) is 100 Å². The molecule has 3 aliphatic heterocycles. The number of nitrogens with zero attached hydrogens (tertiary/aromatic N) is 9. The molecule has 0 spiro atoms. The number of amides is 2. The van der Waals surface area contributed by atoms with Crippen molar-refractivity contribution in [1.82, 2.24) is 55.7 Å². The van der Waals surface area contributed by atoms with Crippen molar-refractivity contribution in [2.75, 3.05) is 44.8 Å². The van der Waals surface area contributed by atoms with Crippen LogP contribution in [0.4, 0.5) is 10.2 Å². The first-order chi connectivity index (χ1) is 39.7. The molecule has 0 unspecified atom stereocenters. The van der Waals surface area contributed by atoms with Gasteiger partial charge in [0.15, 0.2) is 5.75 Å². The number of anilines is 1. The summed E-state index contributed by atoms with van der Waals surface area (Å²) in [5.74, 6) is -0.0658. The van der Waals surface area contributed by atoms with E-state index in [9.17, 15) is 19.8 Å². The Morgan fingerprint density at radius 3 is 2.48 bits per heavy atom. The summed E-state index contributed by atoms with van der Waals surface area (Å²) >= 11 is 1.54. The molecule has 3 saturated heterocycles. The van der Waals surface area contributed by atoms with Crippen molar-refractivity contribution in [3.63, 3.8) is 0 Å². The van der Waals surface area contributed by atoms with E-state index in [1.165, 1.54) is 15.6 Å². The standard InChI is InChI=1S/C61H69FN12O7S/c1-32(2)55(60(78)73-27-42(76)22-50(73)59(77)66-53(35(5)75)39-15-17-40(18-16-39)57-34(4)64-31-82-57)74-28-49(70-71-74)38-11-9-36(10-12-38)29-80-56-52(51-33(3)47(62)24-48-46(51)26-65-69-48)44(37-13-14-37)23-45-54(56)67-61(81-30-43-8-7-21-79-43)68-58(45)72(6)41-19-20-63-25-41/h9-12,15-18,23-24,26,28,31-32,35,37,41-43,50,53,55,63,75-76H,7-8,13-14,19-22,25,27,29-30H2,1-6H3,(H,65,69)(H,66,77)/t35-,41-,42+,43+,50-,53-,55-/m0/s1. The van der Waals surface area contributed by atoms with Gasteiger partial charge in [-0.2, -0.15) is 15.1 Å². The topological polar surface area (TPSA) is 231 Å². The molecule has 428 valence electrons. The highest BCUT2D eigenvalue weighted by atomic mass is 32.1. The second kappa shape index (κ2) is 23.1. The number of hydrogen-bond acceptors (Lipinski definition) is 16. The number of aryl methyl sites for hydroxylation is 1. The third-order valence-electron chi connectivity index (χ3n) is 16.7. The molecule has 4 fully saturated rings. The molecular formula is C61H69FN12O7S. The SMILES string of the molecule is Cc1ncsc1-c1ccc([C@@H](NC(=O)[C@@H]2C[C@@H](O)CN2C(=O)[C@H](C(C)C)n2cc(-c3ccc(COc4c(-c5c(C)c(F)cc6[nH]ncc56)c(C5CC5)cc5c(N(C)[C@H]6CCNC6)nc(OC[C@H]6CCCO6)nc45)cc3)nn2)[C@H](C)O)cc1. The van der Waals surface area contributed by atoms with E-state index >= 15 is 4.39 Å². The Bertz CT molecular complexity index is 3630. The molecule has 12 rings (SSSR count). The third-order valence-corrected chi connectivity index (χ3v) is 17.7. The Kier molecular flexibility index (Phi) is 15.5. The number of aromatic amines is 1. The number of β-amino-alcohol motifs (C(OH)–C–C–N with tert-alkyl or cyclic N) is 1. The second-order valence-electron chi connectivity index (χ2n) is 22.8. The van der Waals surface area contributed by atoms with Crippen molar-refractivity contribution in [3.05, 3.63) is 112 Å². The summed E-state index contributed by atoms with van der Waals surface area (Å²) in [5, 5.41) is 46.3. The number of aliphatic hydroxyl groups is 2. The van der Waals surface area contributed by atoms with E-state index in [4.69, 9.17) is 24.2 Å². The molecular weight excluding hydrogens is 1060 g/mol. The smallest absolute Gasteiger partial charge is 0.319 e. The highest BCUT2D eigenvalue weighted by Crippen LogP contribution is 2.53. The van der Waals surface area contributed by atoms with E-state index < -0.39 is 36.2 Å². The van der Waals surface area contributed by atoms with Crippen LogP contribution in [0.3, 0.4) is 0 Å². The van der Waals surface area contributed by atoms with Crippen molar-refractivity contribution >= 4 is 50.8 Å². The van der Waals surface area contributed by atoms with Gasteiger partial charge in [0.25, 0.3) is 0 Å². The molecule has 7 atom stereocenters. The van der Waals surface area contributed by atoms with Crippen molar-refractivity contribution < 1.29 is 38.4 Å². The van der Waals surface area contributed by atoms with Crippen LogP contribution in [-0.2, 0) is 20.9 Å². The highest BCUT2D eigenvalue weighted by molar-refractivity contribution is 7.13. The average molecular weight is 1130 g/mol. The number of hydrogen-bond donors (Lipinski definition) is 5. The van der Waals surface area contributed by atoms with Gasteiger partial charge in [0, 0.05) is 66.7 Å². The van der Waals surface area contributed by atoms with Crippen LogP contribution in [0.5, 0.6) is 11.8 Å². The number of thiazole rings is 1. The number of carbonyl (C=O) groups excluding carboxylic acids is 2. The van der Waals surface area contributed by atoms with Crippen molar-refractivity contribution in [1.29, 1.82) is 0 Å². The summed E-state index contributed by atoms with van der Waals surface area (Å²) < 4.78 is 37.1. The van der Waals surface area contributed by atoms with Gasteiger partial charge in [0.05, 0.1) is 58.3 Å². The van der Waals surface area contributed by atoms with Gasteiger partial charge in [-0.1, -0.05) is 67.6 Å². The van der Waals surface area contributed by atoms with Gasteiger partial charge in [-0.25, -0.2) is 14.1 Å². The van der Waals surface area contributed by atoms with Crippen LogP contribution in [0.2, 0.25) is 0 Å². The first kappa shape index (κ1) is 55.1. The number of ether oxygens (including phenoxy) is 3. The normalized spacial score (nSPS) is 20.2. The number of halogens is 1. The molecule has 0 bridgehead atoms. The minimum Gasteiger partial charge on any atom is -0.486 e. The fraction of sp³-hybridized carbons (Fsp3) is 0.443. The van der Waals surface area contributed by atoms with Crippen LogP contribution in [0, 0.1) is 25.6 Å². The van der Waals surface area contributed by atoms with Gasteiger partial charge >= 0.3 is 6.01 Å². The Hall–Kier alpha value is -7.43.